The number of rotatable bonds is 6. The molecule has 0 aliphatic carbocycles. The topological polar surface area (TPSA) is 119 Å². The normalized spacial score (nSPS) is 22.9. The van der Waals surface area contributed by atoms with Crippen LogP contribution in [-0.4, -0.2) is 41.6 Å². The van der Waals surface area contributed by atoms with Crippen molar-refractivity contribution in [1.29, 1.82) is 0 Å². The lowest BCUT2D eigenvalue weighted by Crippen LogP contribution is -2.51. The second kappa shape index (κ2) is 9.77. The molecule has 0 aromatic heterocycles. The Morgan fingerprint density at radius 3 is 2.42 bits per heavy atom. The number of amides is 1. The average molecular weight is 572 g/mol. The van der Waals surface area contributed by atoms with E-state index in [1.165, 1.54) is 31.4 Å². The molecular formula is C34H25N3O6. The van der Waals surface area contributed by atoms with E-state index in [4.69, 9.17) is 4.74 Å². The van der Waals surface area contributed by atoms with Crippen molar-refractivity contribution in [2.75, 3.05) is 17.3 Å². The summed E-state index contributed by atoms with van der Waals surface area (Å²) in [7, 11) is 1.50. The van der Waals surface area contributed by atoms with Gasteiger partial charge >= 0.3 is 0 Å². The number of carbonyl (C=O) groups excluding carboxylic acids is 3. The van der Waals surface area contributed by atoms with Crippen LogP contribution in [0.3, 0.4) is 0 Å². The molecule has 4 aromatic carbocycles. The van der Waals surface area contributed by atoms with E-state index < -0.39 is 34.1 Å². The number of Topliss-reactive ketones (excluding diaryl/α,β-unsaturated/α-hetero) is 2. The van der Waals surface area contributed by atoms with E-state index in [0.29, 0.717) is 28.3 Å². The van der Waals surface area contributed by atoms with Gasteiger partial charge in [0.25, 0.3) is 5.69 Å². The van der Waals surface area contributed by atoms with Crippen LogP contribution in [0.5, 0.6) is 5.75 Å². The molecule has 0 radical (unpaired) electrons. The van der Waals surface area contributed by atoms with Gasteiger partial charge < -0.3 is 15.0 Å². The number of hydrogen-bond acceptors (Lipinski definition) is 7. The molecule has 4 aromatic rings. The Labute approximate surface area is 246 Å². The molecule has 3 aliphatic rings. The van der Waals surface area contributed by atoms with E-state index in [0.717, 1.165) is 5.56 Å². The Hall–Kier alpha value is -5.57. The van der Waals surface area contributed by atoms with Gasteiger partial charge in [0.05, 0.1) is 24.0 Å². The van der Waals surface area contributed by atoms with Crippen molar-refractivity contribution < 1.29 is 24.0 Å². The fraction of sp³-hybridized carbons (Fsp3) is 0.147. The van der Waals surface area contributed by atoms with Crippen molar-refractivity contribution >= 4 is 40.6 Å². The van der Waals surface area contributed by atoms with Crippen molar-refractivity contribution in [2.45, 2.75) is 17.5 Å². The van der Waals surface area contributed by atoms with Crippen LogP contribution in [0.2, 0.25) is 0 Å². The van der Waals surface area contributed by atoms with Crippen LogP contribution in [0, 0.1) is 16.0 Å². The number of nitro groups is 1. The van der Waals surface area contributed by atoms with Gasteiger partial charge in [-0.3, -0.25) is 24.5 Å². The first kappa shape index (κ1) is 26.3. The van der Waals surface area contributed by atoms with Crippen LogP contribution in [0.1, 0.15) is 31.8 Å². The van der Waals surface area contributed by atoms with E-state index in [1.54, 1.807) is 30.3 Å². The number of ether oxygens (including phenoxy) is 1. The Kier molecular flexibility index (Phi) is 5.98. The zero-order chi connectivity index (χ0) is 29.9. The summed E-state index contributed by atoms with van der Waals surface area (Å²) in [6, 6.07) is 25.1. The van der Waals surface area contributed by atoms with Crippen LogP contribution >= 0.6 is 0 Å². The Morgan fingerprint density at radius 1 is 0.907 bits per heavy atom. The SMILES string of the molecule is COc1cccc(C(=O)[C@@H]2[C@@H](C(=O)c3ccc([N+](=O)[O-])cc3)N3c4ccccc4C=C[C@@H]3[C@]23C(=O)Nc2ccccc23)c1. The molecule has 1 saturated heterocycles. The summed E-state index contributed by atoms with van der Waals surface area (Å²) < 4.78 is 5.40. The molecule has 0 bridgehead atoms. The lowest BCUT2D eigenvalue weighted by atomic mass is 9.64. The van der Waals surface area contributed by atoms with E-state index >= 15 is 0 Å². The molecule has 1 N–H and O–H groups in total. The molecule has 1 fully saturated rings. The first-order valence-electron chi connectivity index (χ1n) is 13.8. The molecule has 7 rings (SSSR count). The molecule has 4 atom stereocenters. The summed E-state index contributed by atoms with van der Waals surface area (Å²) in [5.41, 5.74) is 1.68. The molecule has 1 spiro atoms. The molecule has 3 aliphatic heterocycles. The molecule has 9 heteroatoms. The van der Waals surface area contributed by atoms with E-state index in [9.17, 15) is 24.5 Å². The number of nitrogens with zero attached hydrogens (tertiary/aromatic N) is 2. The Bertz CT molecular complexity index is 1870. The van der Waals surface area contributed by atoms with E-state index in [-0.39, 0.29) is 22.9 Å². The lowest BCUT2D eigenvalue weighted by molar-refractivity contribution is -0.384. The Balaban J connectivity index is 1.51. The number of anilines is 2. The third kappa shape index (κ3) is 3.74. The number of benzene rings is 4. The van der Waals surface area contributed by atoms with Gasteiger partial charge in [-0.25, -0.2) is 0 Å². The highest BCUT2D eigenvalue weighted by molar-refractivity contribution is 6.18. The van der Waals surface area contributed by atoms with Crippen LogP contribution in [0.4, 0.5) is 17.1 Å². The second-order valence-corrected chi connectivity index (χ2v) is 10.8. The van der Waals surface area contributed by atoms with Gasteiger partial charge in [-0.05, 0) is 47.5 Å². The van der Waals surface area contributed by atoms with Crippen molar-refractivity contribution in [2.24, 2.45) is 5.92 Å². The van der Waals surface area contributed by atoms with Gasteiger partial charge in [0, 0.05) is 34.6 Å². The molecule has 212 valence electrons. The highest BCUT2D eigenvalue weighted by Crippen LogP contribution is 2.58. The number of methoxy groups -OCH3 is 1. The summed E-state index contributed by atoms with van der Waals surface area (Å²) in [4.78, 5) is 56.6. The van der Waals surface area contributed by atoms with Crippen LogP contribution in [-0.2, 0) is 10.2 Å². The van der Waals surface area contributed by atoms with Gasteiger partial charge in [0.2, 0.25) is 5.91 Å². The zero-order valence-corrected chi connectivity index (χ0v) is 23.0. The third-order valence-electron chi connectivity index (χ3n) is 8.81. The lowest BCUT2D eigenvalue weighted by Gasteiger charge is -2.37. The largest absolute Gasteiger partial charge is 0.497 e. The summed E-state index contributed by atoms with van der Waals surface area (Å²) in [6.07, 6.45) is 3.83. The van der Waals surface area contributed by atoms with Gasteiger partial charge in [-0.1, -0.05) is 60.7 Å². The number of carbonyl (C=O) groups is 3. The minimum Gasteiger partial charge on any atom is -0.497 e. The number of nitrogens with one attached hydrogen (secondary N) is 1. The number of ketones is 2. The first-order chi connectivity index (χ1) is 20.9. The fourth-order valence-electron chi connectivity index (χ4n) is 6.99. The molecule has 43 heavy (non-hydrogen) atoms. The standard InChI is InChI=1S/C34H25N3O6/c1-43-24-9-6-8-22(19-24)31(38)29-30(32(39)21-13-16-23(17-14-21)37(41)42)36-27-12-5-2-7-20(27)15-18-28(36)34(29)25-10-3-4-11-26(25)35-33(34)40/h2-19,28-30H,1H3,(H,35,40)/t28-,29+,30+,34+/m1/s1. The van der Waals surface area contributed by atoms with Gasteiger partial charge in [0.15, 0.2) is 11.6 Å². The maximum absolute atomic E-state index is 14.8. The molecule has 0 unspecified atom stereocenters. The minimum atomic E-state index is -1.46. The number of para-hydroxylation sites is 2. The van der Waals surface area contributed by atoms with Gasteiger partial charge in [0.1, 0.15) is 17.2 Å². The molecular weight excluding hydrogens is 546 g/mol. The quantitative estimate of drug-likeness (QED) is 0.185. The third-order valence-corrected chi connectivity index (χ3v) is 8.81. The van der Waals surface area contributed by atoms with Crippen LogP contribution < -0.4 is 15.0 Å². The van der Waals surface area contributed by atoms with Crippen LogP contribution in [0.15, 0.2) is 103 Å². The predicted molar refractivity (Wildman–Crippen MR) is 161 cm³/mol. The molecule has 9 nitrogen and oxygen atoms in total. The number of fused-ring (bicyclic) bond motifs is 6. The highest BCUT2D eigenvalue weighted by atomic mass is 16.6. The first-order valence-corrected chi connectivity index (χ1v) is 13.8. The molecule has 3 heterocycles. The van der Waals surface area contributed by atoms with Crippen molar-refractivity contribution in [3.05, 3.63) is 136 Å². The predicted octanol–water partition coefficient (Wildman–Crippen LogP) is 5.46. The smallest absolute Gasteiger partial charge is 0.269 e. The molecule has 1 amide bonds. The summed E-state index contributed by atoms with van der Waals surface area (Å²) in [5, 5.41) is 14.3. The number of nitro benzene ring substituents is 1. The van der Waals surface area contributed by atoms with Gasteiger partial charge in [-0.15, -0.1) is 0 Å². The fourth-order valence-corrected chi connectivity index (χ4v) is 6.99. The monoisotopic (exact) mass is 571 g/mol. The highest BCUT2D eigenvalue weighted by Gasteiger charge is 2.70. The molecule has 0 saturated carbocycles. The maximum atomic E-state index is 14.8. The zero-order valence-electron chi connectivity index (χ0n) is 23.0. The summed E-state index contributed by atoms with van der Waals surface area (Å²) in [6.45, 7) is 0. The van der Waals surface area contributed by atoms with Crippen molar-refractivity contribution in [1.82, 2.24) is 0 Å². The minimum absolute atomic E-state index is 0.156. The van der Waals surface area contributed by atoms with Crippen molar-refractivity contribution in [3.8, 4) is 5.75 Å². The van der Waals surface area contributed by atoms with Crippen LogP contribution in [0.25, 0.3) is 6.08 Å². The van der Waals surface area contributed by atoms with E-state index in [1.807, 2.05) is 59.5 Å². The Morgan fingerprint density at radius 2 is 1.65 bits per heavy atom. The summed E-state index contributed by atoms with van der Waals surface area (Å²) >= 11 is 0. The van der Waals surface area contributed by atoms with E-state index in [2.05, 4.69) is 5.32 Å². The second-order valence-electron chi connectivity index (χ2n) is 10.8. The average Bonchev–Trinajstić information content (AvgIpc) is 3.52. The summed E-state index contributed by atoms with van der Waals surface area (Å²) in [5.74, 6) is -1.86. The van der Waals surface area contributed by atoms with Gasteiger partial charge in [-0.2, -0.15) is 0 Å². The number of hydrogen-bond donors (Lipinski definition) is 1. The van der Waals surface area contributed by atoms with Crippen molar-refractivity contribution in [3.63, 3.8) is 0 Å². The maximum Gasteiger partial charge on any atom is 0.269 e. The number of non-ortho nitro benzene ring substituents is 1.